The minimum Gasteiger partial charge on any atom is -0.469 e. The van der Waals surface area contributed by atoms with E-state index in [0.717, 1.165) is 145 Å². The van der Waals surface area contributed by atoms with Crippen molar-refractivity contribution in [3.8, 4) is 0 Å². The van der Waals surface area contributed by atoms with Crippen LogP contribution in [0.15, 0.2) is 0 Å². The minimum atomic E-state index is -0.988. The quantitative estimate of drug-likeness (QED) is 0.0519. The summed E-state index contributed by atoms with van der Waals surface area (Å²) in [6.07, 6.45) is 28.9. The monoisotopic (exact) mass is 1750 g/mol. The van der Waals surface area contributed by atoms with Crippen LogP contribution in [0.1, 0.15) is 304 Å². The van der Waals surface area contributed by atoms with Gasteiger partial charge in [0.1, 0.15) is 17.3 Å². The van der Waals surface area contributed by atoms with Crippen LogP contribution in [0.4, 0.5) is 0 Å². The minimum absolute atomic E-state index is 0.0809. The maximum Gasteiger partial charge on any atom is 0.310 e. The van der Waals surface area contributed by atoms with Crippen LogP contribution in [0.3, 0.4) is 0 Å². The maximum absolute atomic E-state index is 12.9. The molecule has 6 aliphatic heterocycles. The summed E-state index contributed by atoms with van der Waals surface area (Å²) in [7, 11) is 5.64. The Morgan fingerprint density at radius 3 is 1.13 bits per heavy atom. The number of esters is 7. The lowest BCUT2D eigenvalue weighted by atomic mass is 9.65. The Morgan fingerprint density at radius 1 is 0.387 bits per heavy atom. The lowest BCUT2D eigenvalue weighted by Gasteiger charge is -2.39. The van der Waals surface area contributed by atoms with Crippen molar-refractivity contribution in [1.82, 2.24) is 0 Å². The van der Waals surface area contributed by atoms with Crippen molar-refractivity contribution in [3.05, 3.63) is 0 Å². The van der Waals surface area contributed by atoms with Crippen LogP contribution in [-0.2, 0) is 99.9 Å². The number of rotatable bonds is 29. The molecule has 708 valence electrons. The Morgan fingerprint density at radius 2 is 0.742 bits per heavy atom. The molecule has 23 nitrogen and oxygen atoms in total. The molecule has 16 rings (SSSR count). The molecule has 10 saturated carbocycles. The number of hydrogen-bond acceptors (Lipinski definition) is 23. The Balaban J connectivity index is 0.000000142. The first-order chi connectivity index (χ1) is 59.0. The Bertz CT molecular complexity index is 3510. The van der Waals surface area contributed by atoms with Gasteiger partial charge in [-0.25, -0.2) is 0 Å². The molecule has 2 N–H and O–H groups in total. The molecule has 10 aliphatic carbocycles. The van der Waals surface area contributed by atoms with Crippen LogP contribution >= 0.6 is 0 Å². The third kappa shape index (κ3) is 21.2. The number of aliphatic hydroxyl groups excluding tert-OH is 1. The lowest BCUT2D eigenvalue weighted by Crippen LogP contribution is -2.46. The summed E-state index contributed by atoms with van der Waals surface area (Å²) in [5.41, 5.74) is -2.04. The number of ether oxygens (including phenoxy) is 14. The topological polar surface area (TPSA) is 289 Å². The molecule has 0 radical (unpaired) electrons. The van der Waals surface area contributed by atoms with E-state index >= 15 is 0 Å². The van der Waals surface area contributed by atoms with E-state index in [1.54, 1.807) is 6.92 Å². The second-order valence-corrected chi connectivity index (χ2v) is 43.3. The van der Waals surface area contributed by atoms with E-state index in [2.05, 4.69) is 74.0 Å². The highest BCUT2D eigenvalue weighted by molar-refractivity contribution is 5.84. The molecule has 23 heteroatoms. The molecule has 6 heterocycles. The van der Waals surface area contributed by atoms with Crippen molar-refractivity contribution in [2.45, 2.75) is 407 Å². The van der Waals surface area contributed by atoms with Gasteiger partial charge < -0.3 is 76.5 Å². The van der Waals surface area contributed by atoms with Crippen LogP contribution in [-0.4, -0.2) is 189 Å². The fourth-order valence-electron chi connectivity index (χ4n) is 30.6. The van der Waals surface area contributed by atoms with Gasteiger partial charge in [0, 0.05) is 19.4 Å². The largest absolute Gasteiger partial charge is 0.469 e. The van der Waals surface area contributed by atoms with Gasteiger partial charge in [-0.3, -0.25) is 33.6 Å². The van der Waals surface area contributed by atoms with Gasteiger partial charge in [0.15, 0.2) is 6.29 Å². The first-order valence-corrected chi connectivity index (χ1v) is 49.9. The second kappa shape index (κ2) is 42.2. The van der Waals surface area contributed by atoms with Crippen molar-refractivity contribution in [1.29, 1.82) is 0 Å². The maximum atomic E-state index is 12.9. The highest BCUT2D eigenvalue weighted by Crippen LogP contribution is 2.69. The van der Waals surface area contributed by atoms with Gasteiger partial charge in [-0.05, 0) is 339 Å². The summed E-state index contributed by atoms with van der Waals surface area (Å²) in [5.74, 6) is 10.8. The summed E-state index contributed by atoms with van der Waals surface area (Å²) in [5, 5.41) is 21.1. The first-order valence-electron chi connectivity index (χ1n) is 49.9. The van der Waals surface area contributed by atoms with Gasteiger partial charge in [-0.15, -0.1) is 0 Å². The van der Waals surface area contributed by atoms with Gasteiger partial charge >= 0.3 is 41.8 Å². The molecule has 10 bridgehead atoms. The zero-order valence-electron chi connectivity index (χ0n) is 80.1. The van der Waals surface area contributed by atoms with Crippen molar-refractivity contribution in [3.63, 3.8) is 0 Å². The summed E-state index contributed by atoms with van der Waals surface area (Å²) >= 11 is 0. The zero-order valence-corrected chi connectivity index (χ0v) is 80.1. The Kier molecular flexibility index (Phi) is 33.7. The van der Waals surface area contributed by atoms with Gasteiger partial charge in [-0.2, -0.15) is 0 Å². The fraction of sp³-hybridized carbons (Fsp3) is 0.931. The van der Waals surface area contributed by atoms with Gasteiger partial charge in [0.2, 0.25) is 0 Å². The zero-order chi connectivity index (χ0) is 90.0. The molecule has 0 aromatic carbocycles. The van der Waals surface area contributed by atoms with Crippen LogP contribution < -0.4 is 0 Å². The predicted octanol–water partition coefficient (Wildman–Crippen LogP) is 17.2. The number of aliphatic hydroxyl groups is 2. The number of carbonyl (C=O) groups is 7. The molecule has 0 aromatic rings. The van der Waals surface area contributed by atoms with E-state index < -0.39 is 28.8 Å². The van der Waals surface area contributed by atoms with E-state index in [0.29, 0.717) is 156 Å². The molecule has 41 atom stereocenters. The molecule has 124 heavy (non-hydrogen) atoms. The highest BCUT2D eigenvalue weighted by atomic mass is 16.7. The summed E-state index contributed by atoms with van der Waals surface area (Å²) < 4.78 is 80.1. The van der Waals surface area contributed by atoms with E-state index in [-0.39, 0.29) is 115 Å². The van der Waals surface area contributed by atoms with E-state index in [1.165, 1.54) is 73.9 Å². The normalized spacial score (nSPS) is 42.6. The smallest absolute Gasteiger partial charge is 0.310 e. The first kappa shape index (κ1) is 99.0. The molecule has 16 aliphatic rings. The average Bonchev–Trinajstić information content (AvgIpc) is 1.54. The average molecular weight is 1750 g/mol. The number of fused-ring (bicyclic) bond motifs is 25. The molecular formula is C101H166O23. The van der Waals surface area contributed by atoms with E-state index in [1.807, 2.05) is 41.5 Å². The van der Waals surface area contributed by atoms with Crippen molar-refractivity contribution >= 4 is 41.8 Å². The summed E-state index contributed by atoms with van der Waals surface area (Å²) in [6, 6.07) is 0. The fourth-order valence-corrected chi connectivity index (χ4v) is 30.6. The molecule has 16 fully saturated rings. The van der Waals surface area contributed by atoms with Crippen molar-refractivity contribution in [2.24, 2.45) is 154 Å². The summed E-state index contributed by atoms with van der Waals surface area (Å²) in [6.45, 7) is 37.3. The predicted molar refractivity (Wildman–Crippen MR) is 467 cm³/mol. The Hall–Kier alpha value is -4.07. The van der Waals surface area contributed by atoms with Gasteiger partial charge in [0.05, 0.1) is 145 Å². The SMILES string of the molecule is CCC1OC(CC)C2C3CC(C(C(=O)OC)C3C(=O)OC(C)(C)C)C12.CCC1OC(CC)C2C3CC(CC3C(CC(=O)OC)OC(C)=O)C12.CCC1OC(CC)C2C3CC(CC3C(CC(=O)OC)OC3CCCCO3)C12.CCC1OC(CC)C2C3CC(CC3CC(C)(O)CC(=O)OC(C)(C)C)C12.CCC1OC(CC)C2C3CC(CC3CC(O)CC(=O)OC)C12. The van der Waals surface area contributed by atoms with Gasteiger partial charge in [0.25, 0.3) is 0 Å². The summed E-state index contributed by atoms with van der Waals surface area (Å²) in [4.78, 5) is 84.4. The Labute approximate surface area is 743 Å². The van der Waals surface area contributed by atoms with Crippen LogP contribution in [0.5, 0.6) is 0 Å². The van der Waals surface area contributed by atoms with Crippen molar-refractivity contribution in [2.75, 3.05) is 35.0 Å². The van der Waals surface area contributed by atoms with E-state index in [4.69, 9.17) is 61.6 Å². The number of carbonyl (C=O) groups excluding carboxylic acids is 7. The van der Waals surface area contributed by atoms with Crippen molar-refractivity contribution < 1.29 is 110 Å². The molecule has 6 saturated heterocycles. The number of methoxy groups -OCH3 is 4. The molecule has 0 spiro atoms. The van der Waals surface area contributed by atoms with Crippen LogP contribution in [0, 0.1) is 154 Å². The lowest BCUT2D eigenvalue weighted by molar-refractivity contribution is -0.207. The number of hydrogen-bond donors (Lipinski definition) is 2. The molecule has 41 unspecified atom stereocenters. The molecule has 0 amide bonds. The standard InChI is InChI=1S/C22H36O5.C22H38O4.C20H32O5.C19H30O5.C18H30O4/c1-4-16-21-13-10-14(15(11-13)22(21)17(5-2)26-16)18(12-19(23)24-3)27-20-8-6-7-9-25-20;1-7-16-19-13-9-14(15(10-13)20(19)17(8-2)25-16)11-22(6,24)12-18(23)26-21(3,4)5;1-7-12-14-10-9-11(15(14)13(8-2)24-12)17(16(10)18(21)23-6)19(22)25-20(3,4)5;1-5-14-18-11-7-12(13(8-11)19(18)15(6-2)24-14)16(23-10(3)20)9-17(21)22-4;1-4-14-17-11-6-10(7-12(19)9-16(20)21-3)13(8-11)18(17)15(5-2)22-14/h13-18,20-22H,4-12H2,1-3H3;13-17,19-20,24H,7-12H2,1-6H3;10-17H,7-9H2,1-6H3;11-16,18-19H,5-9H2,1-4H3;10-15,17-19H,4-9H2,1-3H3. The molecular weight excluding hydrogens is 1580 g/mol. The second-order valence-electron chi connectivity index (χ2n) is 43.3. The van der Waals surface area contributed by atoms with Gasteiger partial charge in [-0.1, -0.05) is 69.2 Å². The van der Waals surface area contributed by atoms with Crippen LogP contribution in [0.25, 0.3) is 0 Å². The third-order valence-corrected chi connectivity index (χ3v) is 34.2. The third-order valence-electron chi connectivity index (χ3n) is 34.2. The highest BCUT2D eigenvalue weighted by Gasteiger charge is 2.70. The molecule has 0 aromatic heterocycles. The van der Waals surface area contributed by atoms with Crippen LogP contribution in [0.2, 0.25) is 0 Å². The van der Waals surface area contributed by atoms with E-state index in [9.17, 15) is 43.8 Å².